The first-order valence-electron chi connectivity index (χ1n) is 12.7. The Morgan fingerprint density at radius 3 is 2.22 bits per heavy atom. The van der Waals surface area contributed by atoms with Gasteiger partial charge in [0.1, 0.15) is 12.4 Å². The van der Waals surface area contributed by atoms with Gasteiger partial charge < -0.3 is 14.8 Å². The third-order valence-corrected chi connectivity index (χ3v) is 12.3. The van der Waals surface area contributed by atoms with E-state index in [0.29, 0.717) is 48.6 Å². The number of nitrogens with zero attached hydrogens (tertiary/aromatic N) is 4. The van der Waals surface area contributed by atoms with Crippen molar-refractivity contribution in [3.8, 4) is 11.6 Å². The highest BCUT2D eigenvalue weighted by Gasteiger charge is 2.52. The molecule has 1 unspecified atom stereocenters. The number of fused-ring (bicyclic) bond motifs is 2. The molecule has 0 amide bonds. The number of ether oxygens (including phenoxy) is 2. The van der Waals surface area contributed by atoms with Crippen molar-refractivity contribution in [1.29, 1.82) is 0 Å². The number of nitrogens with one attached hydrogen (secondary N) is 1. The van der Waals surface area contributed by atoms with Crippen LogP contribution in [0.1, 0.15) is 57.1 Å². The molecule has 2 aromatic rings. The fraction of sp³-hybridized carbons (Fsp3) is 0.625. The van der Waals surface area contributed by atoms with Crippen molar-refractivity contribution in [2.24, 2.45) is 0 Å². The van der Waals surface area contributed by atoms with Gasteiger partial charge in [0.2, 0.25) is 15.8 Å². The van der Waals surface area contributed by atoms with Crippen molar-refractivity contribution in [1.82, 2.24) is 19.3 Å². The molecule has 1 N–H and O–H groups in total. The van der Waals surface area contributed by atoms with Crippen molar-refractivity contribution in [2.75, 3.05) is 12.4 Å². The largest absolute Gasteiger partial charge is 0.489 e. The van der Waals surface area contributed by atoms with Crippen LogP contribution in [0.25, 0.3) is 0 Å². The van der Waals surface area contributed by atoms with Crippen LogP contribution in [-0.2, 0) is 19.9 Å². The minimum Gasteiger partial charge on any atom is -0.489 e. The van der Waals surface area contributed by atoms with E-state index in [0.717, 1.165) is 25.7 Å². The highest BCUT2D eigenvalue weighted by atomic mass is 32.2. The van der Waals surface area contributed by atoms with Crippen LogP contribution in [0.4, 0.5) is 11.5 Å². The number of sulfonamides is 1. The maximum absolute atomic E-state index is 12.9. The SMILES string of the molecule is COc1c(Nc2ccc(S(=O)(=O)C3CC3)nc2C)ncnc1O[C@H]1CC2CC[C@@H](C1)N2S(=O)(=O)C1CC1. The van der Waals surface area contributed by atoms with Crippen molar-refractivity contribution in [3.63, 3.8) is 0 Å². The zero-order chi connectivity index (χ0) is 25.9. The molecule has 13 heteroatoms. The first-order valence-corrected chi connectivity index (χ1v) is 15.8. The first-order chi connectivity index (χ1) is 17.7. The van der Waals surface area contributed by atoms with Crippen LogP contribution in [0, 0.1) is 6.92 Å². The zero-order valence-corrected chi connectivity index (χ0v) is 22.5. The number of aryl methyl sites for hydroxylation is 1. The molecule has 3 atom stereocenters. The Morgan fingerprint density at radius 1 is 0.946 bits per heavy atom. The Balaban J connectivity index is 1.19. The van der Waals surface area contributed by atoms with Crippen molar-refractivity contribution < 1.29 is 26.3 Å². The van der Waals surface area contributed by atoms with E-state index in [9.17, 15) is 16.8 Å². The number of sulfone groups is 1. The summed E-state index contributed by atoms with van der Waals surface area (Å²) in [7, 11) is -5.10. The van der Waals surface area contributed by atoms with E-state index < -0.39 is 19.9 Å². The van der Waals surface area contributed by atoms with Crippen LogP contribution < -0.4 is 14.8 Å². The molecular formula is C24H31N5O6S2. The van der Waals surface area contributed by atoms with Gasteiger partial charge in [-0.15, -0.1) is 0 Å². The summed E-state index contributed by atoms with van der Waals surface area (Å²) >= 11 is 0. The minimum atomic E-state index is -3.38. The molecule has 200 valence electrons. The van der Waals surface area contributed by atoms with Crippen molar-refractivity contribution in [3.05, 3.63) is 24.2 Å². The van der Waals surface area contributed by atoms with Gasteiger partial charge in [0.05, 0.1) is 29.0 Å². The summed E-state index contributed by atoms with van der Waals surface area (Å²) in [6.07, 6.45) is 7.00. The molecule has 0 radical (unpaired) electrons. The van der Waals surface area contributed by atoms with Gasteiger partial charge in [-0.3, -0.25) is 0 Å². The third kappa shape index (κ3) is 4.54. The lowest BCUT2D eigenvalue weighted by Crippen LogP contribution is -2.50. The van der Waals surface area contributed by atoms with Crippen LogP contribution in [-0.4, -0.2) is 71.9 Å². The first kappa shape index (κ1) is 24.8. The number of anilines is 2. The average molecular weight is 550 g/mol. The lowest BCUT2D eigenvalue weighted by atomic mass is 10.0. The normalized spacial score (nSPS) is 26.2. The highest BCUT2D eigenvalue weighted by Crippen LogP contribution is 2.44. The minimum absolute atomic E-state index is 0.0427. The van der Waals surface area contributed by atoms with Gasteiger partial charge >= 0.3 is 0 Å². The quantitative estimate of drug-likeness (QED) is 0.496. The molecule has 2 aromatic heterocycles. The Kier molecular flexibility index (Phi) is 6.07. The maximum atomic E-state index is 12.9. The molecule has 2 bridgehead atoms. The summed E-state index contributed by atoms with van der Waals surface area (Å²) in [6.45, 7) is 1.73. The van der Waals surface area contributed by atoms with Crippen LogP contribution in [0.3, 0.4) is 0 Å². The van der Waals surface area contributed by atoms with Crippen LogP contribution >= 0.6 is 0 Å². The van der Waals surface area contributed by atoms with E-state index in [4.69, 9.17) is 9.47 Å². The summed E-state index contributed by atoms with van der Waals surface area (Å²) in [5.41, 5.74) is 1.11. The van der Waals surface area contributed by atoms with Gasteiger partial charge in [-0.05, 0) is 57.6 Å². The lowest BCUT2D eigenvalue weighted by molar-refractivity contribution is 0.0887. The number of pyridine rings is 1. The summed E-state index contributed by atoms with van der Waals surface area (Å²) in [6, 6.07) is 3.10. The zero-order valence-electron chi connectivity index (χ0n) is 20.8. The van der Waals surface area contributed by atoms with Gasteiger partial charge in [0.25, 0.3) is 5.88 Å². The fourth-order valence-corrected chi connectivity index (χ4v) is 9.42. The second kappa shape index (κ2) is 9.05. The Bertz CT molecular complexity index is 1410. The molecule has 4 aliphatic rings. The molecule has 2 saturated carbocycles. The van der Waals surface area contributed by atoms with E-state index in [-0.39, 0.29) is 39.6 Å². The Hall–Kier alpha value is -2.51. The molecule has 2 aliphatic heterocycles. The van der Waals surface area contributed by atoms with E-state index in [1.165, 1.54) is 19.5 Å². The Morgan fingerprint density at radius 2 is 1.62 bits per heavy atom. The summed E-state index contributed by atoms with van der Waals surface area (Å²) in [4.78, 5) is 12.9. The number of hydrogen-bond acceptors (Lipinski definition) is 10. The summed E-state index contributed by atoms with van der Waals surface area (Å²) in [5.74, 6) is 0.963. The molecule has 2 aliphatic carbocycles. The summed E-state index contributed by atoms with van der Waals surface area (Å²) < 4.78 is 64.6. The van der Waals surface area contributed by atoms with E-state index >= 15 is 0 Å². The molecule has 2 saturated heterocycles. The molecule has 0 spiro atoms. The van der Waals surface area contributed by atoms with Gasteiger partial charge in [-0.1, -0.05) is 0 Å². The van der Waals surface area contributed by atoms with Crippen molar-refractivity contribution in [2.45, 2.75) is 92.0 Å². The molecule has 11 nitrogen and oxygen atoms in total. The second-order valence-electron chi connectivity index (χ2n) is 10.4. The highest BCUT2D eigenvalue weighted by molar-refractivity contribution is 7.92. The fourth-order valence-electron chi connectivity index (χ4n) is 5.51. The number of methoxy groups -OCH3 is 1. The van der Waals surface area contributed by atoms with Crippen LogP contribution in [0.15, 0.2) is 23.5 Å². The molecule has 4 fully saturated rings. The van der Waals surface area contributed by atoms with Crippen LogP contribution in [0.5, 0.6) is 11.6 Å². The monoisotopic (exact) mass is 549 g/mol. The number of piperidine rings is 1. The predicted molar refractivity (Wildman–Crippen MR) is 135 cm³/mol. The lowest BCUT2D eigenvalue weighted by Gasteiger charge is -2.37. The molecule has 6 rings (SSSR count). The predicted octanol–water partition coefficient (Wildman–Crippen LogP) is 2.73. The van der Waals surface area contributed by atoms with Crippen LogP contribution in [0.2, 0.25) is 0 Å². The van der Waals surface area contributed by atoms with Gasteiger partial charge in [-0.25, -0.2) is 26.8 Å². The second-order valence-corrected chi connectivity index (χ2v) is 14.7. The number of rotatable bonds is 9. The smallest absolute Gasteiger partial charge is 0.262 e. The van der Waals surface area contributed by atoms with Crippen molar-refractivity contribution >= 4 is 31.4 Å². The summed E-state index contributed by atoms with van der Waals surface area (Å²) in [5, 5.41) is 2.73. The van der Waals surface area contributed by atoms with E-state index in [1.807, 2.05) is 0 Å². The van der Waals surface area contributed by atoms with E-state index in [2.05, 4.69) is 20.3 Å². The maximum Gasteiger partial charge on any atom is 0.262 e. The van der Waals surface area contributed by atoms with Gasteiger partial charge in [0.15, 0.2) is 20.7 Å². The molecule has 0 aromatic carbocycles. The molecule has 37 heavy (non-hydrogen) atoms. The third-order valence-electron chi connectivity index (χ3n) is 7.68. The standard InChI is InChI=1S/C24H31N5O6S2/c1-14-20(9-10-21(27-14)36(30,31)18-5-6-18)28-23-22(34-2)24(26-13-25-23)35-17-11-15-3-4-16(12-17)29(15)37(32,33)19-7-8-19/h9-10,13,15-19H,3-8,11-12H2,1-2H3,(H,25,26,28)/t15-,16?,17+/m0/s1. The van der Waals surface area contributed by atoms with Gasteiger partial charge in [0, 0.05) is 24.9 Å². The topological polar surface area (TPSA) is 141 Å². The van der Waals surface area contributed by atoms with Gasteiger partial charge in [-0.2, -0.15) is 9.29 Å². The van der Waals surface area contributed by atoms with E-state index in [1.54, 1.807) is 17.3 Å². The molecule has 4 heterocycles. The number of hydrogen-bond donors (Lipinski definition) is 1. The average Bonchev–Trinajstić information content (AvgIpc) is 3.76. The molecular weight excluding hydrogens is 518 g/mol. The number of aromatic nitrogens is 3. The Labute approximate surface area is 217 Å².